The van der Waals surface area contributed by atoms with E-state index in [9.17, 15) is 24.9 Å². The third kappa shape index (κ3) is 5.02. The zero-order chi connectivity index (χ0) is 27.7. The number of pyridine rings is 1. The van der Waals surface area contributed by atoms with E-state index in [4.69, 9.17) is 14.2 Å². The highest BCUT2D eigenvalue weighted by Gasteiger charge is 2.36. The molecule has 9 heteroatoms. The molecular weight excluding hydrogens is 490 g/mol. The highest BCUT2D eigenvalue weighted by atomic mass is 16.5. The van der Waals surface area contributed by atoms with Crippen LogP contribution in [0.3, 0.4) is 0 Å². The molecule has 2 atom stereocenters. The lowest BCUT2D eigenvalue weighted by atomic mass is 9.83. The van der Waals surface area contributed by atoms with Crippen molar-refractivity contribution in [3.05, 3.63) is 75.6 Å². The van der Waals surface area contributed by atoms with Crippen LogP contribution in [0.5, 0.6) is 23.0 Å². The van der Waals surface area contributed by atoms with E-state index in [-0.39, 0.29) is 47.3 Å². The van der Waals surface area contributed by atoms with Crippen molar-refractivity contribution < 1.29 is 39.1 Å². The molecule has 2 heterocycles. The maximum absolute atomic E-state index is 12.6. The summed E-state index contributed by atoms with van der Waals surface area (Å²) in [7, 11) is 1.25. The molecule has 1 aliphatic rings. The number of Topliss-reactive ketones (excluding diaryl/α,β-unsaturated/α-hetero) is 1. The number of carbonyl (C=O) groups is 2. The first-order valence-electron chi connectivity index (χ1n) is 12.2. The van der Waals surface area contributed by atoms with Crippen LogP contribution in [-0.2, 0) is 20.9 Å². The number of aryl methyl sites for hydroxylation is 1. The average Bonchev–Trinajstić information content (AvgIpc) is 3.30. The minimum atomic E-state index is -0.926. The summed E-state index contributed by atoms with van der Waals surface area (Å²) in [5, 5.41) is 33.6. The molecule has 2 aromatic carbocycles. The average molecular weight is 522 g/mol. The lowest BCUT2D eigenvalue weighted by Gasteiger charge is -2.25. The van der Waals surface area contributed by atoms with Crippen molar-refractivity contribution in [2.24, 2.45) is 0 Å². The van der Waals surface area contributed by atoms with Crippen LogP contribution in [0.25, 0.3) is 0 Å². The van der Waals surface area contributed by atoms with Gasteiger partial charge in [0.1, 0.15) is 29.1 Å². The summed E-state index contributed by atoms with van der Waals surface area (Å²) >= 11 is 0. The Kier molecular flexibility index (Phi) is 7.59. The molecule has 38 heavy (non-hydrogen) atoms. The molecule has 0 unspecified atom stereocenters. The van der Waals surface area contributed by atoms with Crippen molar-refractivity contribution in [2.75, 3.05) is 7.11 Å². The number of nitrogens with zero attached hydrogens (tertiary/aromatic N) is 1. The Hall–Kier alpha value is -4.11. The number of ketones is 1. The van der Waals surface area contributed by atoms with Gasteiger partial charge in [-0.05, 0) is 51.5 Å². The van der Waals surface area contributed by atoms with E-state index in [2.05, 4.69) is 4.98 Å². The number of esters is 1. The van der Waals surface area contributed by atoms with Gasteiger partial charge in [0, 0.05) is 34.4 Å². The van der Waals surface area contributed by atoms with Gasteiger partial charge in [-0.3, -0.25) is 14.6 Å². The lowest BCUT2D eigenvalue weighted by Crippen LogP contribution is -2.14. The van der Waals surface area contributed by atoms with Crippen molar-refractivity contribution in [3.63, 3.8) is 0 Å². The van der Waals surface area contributed by atoms with Gasteiger partial charge in [0.05, 0.1) is 37.5 Å². The normalized spacial score (nSPS) is 15.3. The Balaban J connectivity index is 1.93. The quantitative estimate of drug-likeness (QED) is 0.282. The molecular formula is C29H31NO8. The van der Waals surface area contributed by atoms with E-state index in [0.29, 0.717) is 28.1 Å². The molecule has 4 rings (SSSR count). The number of phenolic OH excluding ortho intramolecular Hbond substituents is 2. The molecule has 3 aromatic rings. The third-order valence-corrected chi connectivity index (χ3v) is 6.63. The summed E-state index contributed by atoms with van der Waals surface area (Å²) in [6.07, 6.45) is 0.401. The Morgan fingerprint density at radius 2 is 1.79 bits per heavy atom. The van der Waals surface area contributed by atoms with Gasteiger partial charge in [-0.15, -0.1) is 0 Å². The lowest BCUT2D eigenvalue weighted by molar-refractivity contribution is -0.140. The fourth-order valence-electron chi connectivity index (χ4n) is 4.75. The van der Waals surface area contributed by atoms with Gasteiger partial charge in [-0.1, -0.05) is 12.1 Å². The summed E-state index contributed by atoms with van der Waals surface area (Å²) in [6, 6.07) is 8.28. The minimum absolute atomic E-state index is 0.0158. The van der Waals surface area contributed by atoms with Gasteiger partial charge in [-0.25, -0.2) is 0 Å². The van der Waals surface area contributed by atoms with E-state index in [0.717, 1.165) is 0 Å². The Labute approximate surface area is 220 Å². The number of hydrogen-bond acceptors (Lipinski definition) is 9. The van der Waals surface area contributed by atoms with E-state index in [1.807, 2.05) is 13.8 Å². The molecule has 0 radical (unpaired) electrons. The zero-order valence-electron chi connectivity index (χ0n) is 21.9. The molecule has 1 aromatic heterocycles. The van der Waals surface area contributed by atoms with Crippen LogP contribution in [-0.4, -0.2) is 45.3 Å². The minimum Gasteiger partial charge on any atom is -0.507 e. The fourth-order valence-corrected chi connectivity index (χ4v) is 4.75. The molecule has 0 saturated heterocycles. The molecule has 3 N–H and O–H groups in total. The topological polar surface area (TPSA) is 135 Å². The first-order valence-corrected chi connectivity index (χ1v) is 12.2. The van der Waals surface area contributed by atoms with Crippen LogP contribution in [0.2, 0.25) is 0 Å². The van der Waals surface area contributed by atoms with Crippen LogP contribution in [0.4, 0.5) is 0 Å². The number of rotatable bonds is 8. The van der Waals surface area contributed by atoms with Gasteiger partial charge in [0.2, 0.25) is 0 Å². The molecule has 1 aliphatic heterocycles. The van der Waals surface area contributed by atoms with Crippen molar-refractivity contribution in [3.8, 4) is 23.0 Å². The second-order valence-corrected chi connectivity index (χ2v) is 9.57. The van der Waals surface area contributed by atoms with E-state index < -0.39 is 29.5 Å². The molecule has 9 nitrogen and oxygen atoms in total. The molecule has 200 valence electrons. The van der Waals surface area contributed by atoms with Crippen molar-refractivity contribution in [1.29, 1.82) is 0 Å². The number of aromatic hydroxyl groups is 3. The summed E-state index contributed by atoms with van der Waals surface area (Å²) in [4.78, 5) is 29.2. The van der Waals surface area contributed by atoms with Crippen molar-refractivity contribution >= 4 is 11.8 Å². The Bertz CT molecular complexity index is 1380. The zero-order valence-corrected chi connectivity index (χ0v) is 21.9. The predicted octanol–water partition coefficient (Wildman–Crippen LogP) is 4.81. The van der Waals surface area contributed by atoms with Crippen LogP contribution in [0.15, 0.2) is 36.5 Å². The van der Waals surface area contributed by atoms with E-state index in [1.165, 1.54) is 20.1 Å². The second-order valence-electron chi connectivity index (χ2n) is 9.57. The summed E-state index contributed by atoms with van der Waals surface area (Å²) in [5.74, 6) is -2.15. The standard InChI is InChI=1S/C29H31NO8/c1-14(2)38-19-8-6-17(7-9-19)21(11-23(32)36-5)25-27(34)20(16(4)31)10-22(28(25)35)29-24-18(13-37-29)12-30-15(3)26(24)33/h6-10,12,14,21,29,33-35H,11,13H2,1-5H3/t21-,29-/m0/s1. The number of benzene rings is 2. The molecule has 0 fully saturated rings. The number of hydrogen-bond donors (Lipinski definition) is 3. The van der Waals surface area contributed by atoms with Gasteiger partial charge in [-0.2, -0.15) is 0 Å². The molecule has 0 saturated carbocycles. The molecule has 0 aliphatic carbocycles. The maximum atomic E-state index is 12.6. The number of carbonyl (C=O) groups excluding carboxylic acids is 2. The maximum Gasteiger partial charge on any atom is 0.306 e. The van der Waals surface area contributed by atoms with Crippen molar-refractivity contribution in [2.45, 2.75) is 58.8 Å². The van der Waals surface area contributed by atoms with Gasteiger partial charge >= 0.3 is 5.97 Å². The van der Waals surface area contributed by atoms with Crippen LogP contribution in [0.1, 0.15) is 83.1 Å². The van der Waals surface area contributed by atoms with Gasteiger partial charge in [0.25, 0.3) is 0 Å². The van der Waals surface area contributed by atoms with E-state index in [1.54, 1.807) is 37.4 Å². The monoisotopic (exact) mass is 521 g/mol. The van der Waals surface area contributed by atoms with Crippen LogP contribution in [0, 0.1) is 6.92 Å². The first kappa shape index (κ1) is 26.9. The highest BCUT2D eigenvalue weighted by Crippen LogP contribution is 2.50. The van der Waals surface area contributed by atoms with Crippen LogP contribution < -0.4 is 4.74 Å². The largest absolute Gasteiger partial charge is 0.507 e. The van der Waals surface area contributed by atoms with Crippen LogP contribution >= 0.6 is 0 Å². The summed E-state index contributed by atoms with van der Waals surface area (Å²) < 4.78 is 16.6. The van der Waals surface area contributed by atoms with E-state index >= 15 is 0 Å². The SMILES string of the molecule is COC(=O)C[C@@H](c1ccc(OC(C)C)cc1)c1c(O)c(C(C)=O)cc([C@@H]2OCc3cnc(C)c(O)c32)c1O. The number of ether oxygens (including phenoxy) is 3. The smallest absolute Gasteiger partial charge is 0.306 e. The van der Waals surface area contributed by atoms with Crippen molar-refractivity contribution in [1.82, 2.24) is 4.98 Å². The predicted molar refractivity (Wildman–Crippen MR) is 138 cm³/mol. The van der Waals surface area contributed by atoms with Gasteiger partial charge < -0.3 is 29.5 Å². The Morgan fingerprint density at radius 3 is 2.39 bits per heavy atom. The Morgan fingerprint density at radius 1 is 1.11 bits per heavy atom. The third-order valence-electron chi connectivity index (χ3n) is 6.63. The number of phenols is 2. The molecule has 0 amide bonds. The first-order chi connectivity index (χ1) is 18.0. The number of aromatic nitrogens is 1. The highest BCUT2D eigenvalue weighted by molar-refractivity contribution is 5.98. The second kappa shape index (κ2) is 10.7. The summed E-state index contributed by atoms with van der Waals surface area (Å²) in [6.45, 7) is 6.87. The molecule has 0 bridgehead atoms. The summed E-state index contributed by atoms with van der Waals surface area (Å²) in [5.41, 5.74) is 2.15. The van der Waals surface area contributed by atoms with Gasteiger partial charge in [0.15, 0.2) is 5.78 Å². The fraction of sp³-hybridized carbons (Fsp3) is 0.345. The molecule has 0 spiro atoms. The number of methoxy groups -OCH3 is 1. The number of fused-ring (bicyclic) bond motifs is 1.